The highest BCUT2D eigenvalue weighted by molar-refractivity contribution is 5.55. The molecule has 5 heteroatoms. The van der Waals surface area contributed by atoms with Gasteiger partial charge in [-0.15, -0.1) is 0 Å². The smallest absolute Gasteiger partial charge is 0.169 e. The fraction of sp³-hybridized carbons (Fsp3) is 0.455. The molecule has 0 unspecified atom stereocenters. The van der Waals surface area contributed by atoms with Crippen molar-refractivity contribution in [2.45, 2.75) is 6.04 Å². The predicted octanol–water partition coefficient (Wildman–Crippen LogP) is 0.671. The van der Waals surface area contributed by atoms with Gasteiger partial charge in [-0.25, -0.2) is 0 Å². The minimum Gasteiger partial charge on any atom is -0.496 e. The summed E-state index contributed by atoms with van der Waals surface area (Å²) in [4.78, 5) is 0. The molecule has 0 aromatic heterocycles. The number of rotatable bonds is 5. The van der Waals surface area contributed by atoms with Crippen molar-refractivity contribution in [1.82, 2.24) is 0 Å². The number of ether oxygens (including phenoxy) is 3. The van der Waals surface area contributed by atoms with Crippen LogP contribution in [0.2, 0.25) is 0 Å². The van der Waals surface area contributed by atoms with E-state index in [1.807, 2.05) is 0 Å². The average molecular weight is 226 g/mol. The fourth-order valence-corrected chi connectivity index (χ4v) is 1.58. The molecule has 0 radical (unpaired) electrons. The Morgan fingerprint density at radius 3 is 2.06 bits per heavy atom. The van der Waals surface area contributed by atoms with Gasteiger partial charge in [0.2, 0.25) is 0 Å². The molecule has 0 fully saturated rings. The molecule has 1 aromatic carbocycles. The maximum Gasteiger partial charge on any atom is 0.169 e. The van der Waals surface area contributed by atoms with Crippen molar-refractivity contribution in [2.24, 2.45) is 11.5 Å². The van der Waals surface area contributed by atoms with Crippen molar-refractivity contribution >= 4 is 0 Å². The van der Waals surface area contributed by atoms with Crippen LogP contribution in [0.25, 0.3) is 0 Å². The first-order valence-electron chi connectivity index (χ1n) is 4.94. The first-order chi connectivity index (χ1) is 7.69. The summed E-state index contributed by atoms with van der Waals surface area (Å²) in [6, 6.07) is 3.20. The van der Waals surface area contributed by atoms with Gasteiger partial charge in [0.05, 0.1) is 26.9 Å². The Balaban J connectivity index is 3.36. The zero-order valence-corrected chi connectivity index (χ0v) is 9.82. The van der Waals surface area contributed by atoms with E-state index in [0.717, 1.165) is 5.56 Å². The van der Waals surface area contributed by atoms with Crippen LogP contribution in [0.4, 0.5) is 0 Å². The first-order valence-corrected chi connectivity index (χ1v) is 4.94. The highest BCUT2D eigenvalue weighted by Crippen LogP contribution is 2.40. The van der Waals surface area contributed by atoms with E-state index >= 15 is 0 Å². The molecule has 0 bridgehead atoms. The minimum atomic E-state index is -0.347. The van der Waals surface area contributed by atoms with Crippen molar-refractivity contribution in [3.63, 3.8) is 0 Å². The molecule has 4 N–H and O–H groups in total. The van der Waals surface area contributed by atoms with Crippen molar-refractivity contribution in [1.29, 1.82) is 0 Å². The van der Waals surface area contributed by atoms with Crippen LogP contribution in [0.5, 0.6) is 17.2 Å². The molecule has 16 heavy (non-hydrogen) atoms. The predicted molar refractivity (Wildman–Crippen MR) is 62.1 cm³/mol. The minimum absolute atomic E-state index is 0.305. The third-order valence-electron chi connectivity index (χ3n) is 2.39. The molecular weight excluding hydrogens is 208 g/mol. The van der Waals surface area contributed by atoms with Crippen molar-refractivity contribution in [2.75, 3.05) is 27.9 Å². The normalized spacial score (nSPS) is 12.1. The molecule has 1 aromatic rings. The van der Waals surface area contributed by atoms with E-state index in [0.29, 0.717) is 23.8 Å². The molecule has 0 aliphatic carbocycles. The summed E-state index contributed by atoms with van der Waals surface area (Å²) in [5.74, 6) is 1.83. The van der Waals surface area contributed by atoms with Gasteiger partial charge in [-0.3, -0.25) is 0 Å². The highest BCUT2D eigenvalue weighted by Gasteiger charge is 2.20. The fourth-order valence-electron chi connectivity index (χ4n) is 1.58. The molecule has 90 valence electrons. The van der Waals surface area contributed by atoms with E-state index in [-0.39, 0.29) is 6.04 Å². The third-order valence-corrected chi connectivity index (χ3v) is 2.39. The van der Waals surface area contributed by atoms with Gasteiger partial charge in [0.1, 0.15) is 5.75 Å². The maximum absolute atomic E-state index is 5.93. The van der Waals surface area contributed by atoms with Gasteiger partial charge in [-0.05, 0) is 12.1 Å². The second-order valence-electron chi connectivity index (χ2n) is 3.26. The molecule has 0 aliphatic heterocycles. The summed E-state index contributed by atoms with van der Waals surface area (Å²) < 4.78 is 15.7. The molecule has 1 atom stereocenters. The van der Waals surface area contributed by atoms with Gasteiger partial charge in [0, 0.05) is 12.6 Å². The van der Waals surface area contributed by atoms with Crippen LogP contribution in [0.1, 0.15) is 11.6 Å². The SMILES string of the molecule is COc1ccc(OC)c([C@@H](N)CN)c1OC. The number of hydrogen-bond acceptors (Lipinski definition) is 5. The molecule has 0 saturated heterocycles. The van der Waals surface area contributed by atoms with Crippen molar-refractivity contribution in [3.05, 3.63) is 17.7 Å². The van der Waals surface area contributed by atoms with Gasteiger partial charge in [0.25, 0.3) is 0 Å². The monoisotopic (exact) mass is 226 g/mol. The van der Waals surface area contributed by atoms with E-state index in [1.54, 1.807) is 33.5 Å². The Morgan fingerprint density at radius 2 is 1.62 bits per heavy atom. The number of methoxy groups -OCH3 is 3. The molecule has 0 aliphatic rings. The van der Waals surface area contributed by atoms with Gasteiger partial charge in [-0.1, -0.05) is 0 Å². The number of benzene rings is 1. The van der Waals surface area contributed by atoms with Crippen molar-refractivity contribution in [3.8, 4) is 17.2 Å². The summed E-state index contributed by atoms with van der Waals surface area (Å²) in [5, 5.41) is 0. The Kier molecular flexibility index (Phi) is 4.39. The zero-order valence-electron chi connectivity index (χ0n) is 9.82. The standard InChI is InChI=1S/C11H18N2O3/c1-14-8-4-5-9(15-2)11(16-3)10(8)7(13)6-12/h4-5,7H,6,12-13H2,1-3H3/t7-/m0/s1. The lowest BCUT2D eigenvalue weighted by Gasteiger charge is -2.19. The van der Waals surface area contributed by atoms with Gasteiger partial charge in [-0.2, -0.15) is 0 Å². The molecular formula is C11H18N2O3. The lowest BCUT2D eigenvalue weighted by molar-refractivity contribution is 0.340. The Morgan fingerprint density at radius 1 is 1.06 bits per heavy atom. The van der Waals surface area contributed by atoms with E-state index in [4.69, 9.17) is 25.7 Å². The van der Waals surface area contributed by atoms with Gasteiger partial charge >= 0.3 is 0 Å². The van der Waals surface area contributed by atoms with Crippen LogP contribution in [0.3, 0.4) is 0 Å². The first kappa shape index (κ1) is 12.6. The lowest BCUT2D eigenvalue weighted by atomic mass is 10.0. The molecule has 0 saturated carbocycles. The van der Waals surface area contributed by atoms with Crippen LogP contribution >= 0.6 is 0 Å². The van der Waals surface area contributed by atoms with E-state index in [2.05, 4.69) is 0 Å². The molecule has 5 nitrogen and oxygen atoms in total. The maximum atomic E-state index is 5.93. The topological polar surface area (TPSA) is 79.7 Å². The van der Waals surface area contributed by atoms with E-state index in [1.165, 1.54) is 0 Å². The Hall–Kier alpha value is -1.46. The van der Waals surface area contributed by atoms with Crippen molar-refractivity contribution < 1.29 is 14.2 Å². The summed E-state index contributed by atoms with van der Waals surface area (Å²) in [7, 11) is 4.71. The summed E-state index contributed by atoms with van der Waals surface area (Å²) >= 11 is 0. The second kappa shape index (κ2) is 5.58. The quantitative estimate of drug-likeness (QED) is 0.771. The van der Waals surface area contributed by atoms with Crippen LogP contribution in [0.15, 0.2) is 12.1 Å². The number of hydrogen-bond donors (Lipinski definition) is 2. The third kappa shape index (κ3) is 2.20. The van der Waals surface area contributed by atoms with Gasteiger partial charge in [0.15, 0.2) is 11.5 Å². The van der Waals surface area contributed by atoms with Crippen LogP contribution in [-0.4, -0.2) is 27.9 Å². The van der Waals surface area contributed by atoms with E-state index in [9.17, 15) is 0 Å². The van der Waals surface area contributed by atoms with Crippen LogP contribution in [-0.2, 0) is 0 Å². The summed E-state index contributed by atoms with van der Waals surface area (Å²) in [6.45, 7) is 0.305. The number of nitrogens with two attached hydrogens (primary N) is 2. The highest BCUT2D eigenvalue weighted by atomic mass is 16.5. The molecule has 0 amide bonds. The zero-order chi connectivity index (χ0) is 12.1. The molecule has 0 heterocycles. The molecule has 0 spiro atoms. The average Bonchev–Trinajstić information content (AvgIpc) is 2.35. The largest absolute Gasteiger partial charge is 0.496 e. The molecule has 1 rings (SSSR count). The lowest BCUT2D eigenvalue weighted by Crippen LogP contribution is -2.22. The second-order valence-corrected chi connectivity index (χ2v) is 3.26. The van der Waals surface area contributed by atoms with Crippen LogP contribution in [0, 0.1) is 0 Å². The summed E-state index contributed by atoms with van der Waals surface area (Å²) in [5.41, 5.74) is 12.2. The van der Waals surface area contributed by atoms with Crippen LogP contribution < -0.4 is 25.7 Å². The van der Waals surface area contributed by atoms with E-state index < -0.39 is 0 Å². The Labute approximate surface area is 95.3 Å². The summed E-state index contributed by atoms with van der Waals surface area (Å²) in [6.07, 6.45) is 0. The Bertz CT molecular complexity index is 355. The van der Waals surface area contributed by atoms with Gasteiger partial charge < -0.3 is 25.7 Å².